The molecule has 0 bridgehead atoms. The third-order valence-electron chi connectivity index (χ3n) is 4.56. The summed E-state index contributed by atoms with van der Waals surface area (Å²) in [6.45, 7) is 2.24. The molecule has 2 amide bonds. The second-order valence-electron chi connectivity index (χ2n) is 6.75. The summed E-state index contributed by atoms with van der Waals surface area (Å²) in [6, 6.07) is 18.8. The molecule has 2 aromatic carbocycles. The van der Waals surface area contributed by atoms with Crippen LogP contribution in [0.25, 0.3) is 15.9 Å². The van der Waals surface area contributed by atoms with Crippen LogP contribution < -0.4 is 10.6 Å². The highest BCUT2D eigenvalue weighted by molar-refractivity contribution is 7.20. The molecular formula is C22H19ClN4O2S. The molecule has 0 aliphatic heterocycles. The van der Waals surface area contributed by atoms with Gasteiger partial charge in [-0.25, -0.2) is 4.68 Å². The van der Waals surface area contributed by atoms with Gasteiger partial charge in [-0.15, -0.1) is 11.3 Å². The molecule has 8 heteroatoms. The largest absolute Gasteiger partial charge is 0.350 e. The molecule has 2 heterocycles. The number of nitrogens with zero attached hydrogens (tertiary/aromatic N) is 2. The molecule has 4 rings (SSSR count). The van der Waals surface area contributed by atoms with Crippen molar-refractivity contribution in [2.24, 2.45) is 0 Å². The fourth-order valence-electron chi connectivity index (χ4n) is 3.05. The third-order valence-corrected chi connectivity index (χ3v) is 5.91. The van der Waals surface area contributed by atoms with Gasteiger partial charge in [0.1, 0.15) is 4.83 Å². The van der Waals surface area contributed by atoms with Crippen LogP contribution in [0.5, 0.6) is 0 Å². The predicted octanol–water partition coefficient (Wildman–Crippen LogP) is 4.10. The molecule has 0 radical (unpaired) electrons. The van der Waals surface area contributed by atoms with Crippen molar-refractivity contribution in [1.29, 1.82) is 0 Å². The molecule has 4 aromatic rings. The van der Waals surface area contributed by atoms with E-state index in [1.165, 1.54) is 11.3 Å². The van der Waals surface area contributed by atoms with Crippen LogP contribution in [0.2, 0.25) is 5.02 Å². The van der Waals surface area contributed by atoms with Gasteiger partial charge in [0, 0.05) is 17.0 Å². The van der Waals surface area contributed by atoms with Crippen molar-refractivity contribution in [2.45, 2.75) is 13.5 Å². The first-order chi connectivity index (χ1) is 14.5. The second kappa shape index (κ2) is 8.69. The Balaban J connectivity index is 1.43. The van der Waals surface area contributed by atoms with Crippen LogP contribution >= 0.6 is 22.9 Å². The van der Waals surface area contributed by atoms with Crippen molar-refractivity contribution in [2.75, 3.05) is 6.54 Å². The molecule has 2 aromatic heterocycles. The molecular weight excluding hydrogens is 420 g/mol. The Morgan fingerprint density at radius 1 is 1.07 bits per heavy atom. The van der Waals surface area contributed by atoms with Gasteiger partial charge >= 0.3 is 0 Å². The number of rotatable bonds is 6. The van der Waals surface area contributed by atoms with Crippen LogP contribution in [-0.4, -0.2) is 28.1 Å². The van der Waals surface area contributed by atoms with Gasteiger partial charge < -0.3 is 10.6 Å². The van der Waals surface area contributed by atoms with Gasteiger partial charge in [-0.2, -0.15) is 5.10 Å². The zero-order valence-electron chi connectivity index (χ0n) is 16.2. The molecule has 0 saturated heterocycles. The van der Waals surface area contributed by atoms with Gasteiger partial charge in [-0.1, -0.05) is 48.0 Å². The molecule has 0 atom stereocenters. The van der Waals surface area contributed by atoms with E-state index in [1.54, 1.807) is 16.8 Å². The first kappa shape index (κ1) is 20.1. The maximum absolute atomic E-state index is 12.6. The van der Waals surface area contributed by atoms with Gasteiger partial charge in [-0.05, 0) is 36.8 Å². The number of aryl methyl sites for hydroxylation is 1. The minimum Gasteiger partial charge on any atom is -0.350 e. The zero-order chi connectivity index (χ0) is 21.1. The van der Waals surface area contributed by atoms with E-state index in [9.17, 15) is 9.59 Å². The number of carbonyl (C=O) groups excluding carboxylic acids is 2. The van der Waals surface area contributed by atoms with E-state index in [4.69, 9.17) is 11.6 Å². The van der Waals surface area contributed by atoms with Crippen LogP contribution in [0, 0.1) is 6.92 Å². The Morgan fingerprint density at radius 2 is 1.87 bits per heavy atom. The Morgan fingerprint density at radius 3 is 2.63 bits per heavy atom. The van der Waals surface area contributed by atoms with Gasteiger partial charge in [0.2, 0.25) is 5.91 Å². The summed E-state index contributed by atoms with van der Waals surface area (Å²) >= 11 is 7.43. The fraction of sp³-hybridized carbons (Fsp3) is 0.136. The molecule has 0 saturated carbocycles. The van der Waals surface area contributed by atoms with Crippen molar-refractivity contribution in [3.05, 3.63) is 81.8 Å². The lowest BCUT2D eigenvalue weighted by atomic mass is 10.2. The Labute approximate surface area is 182 Å². The van der Waals surface area contributed by atoms with Crippen molar-refractivity contribution in [1.82, 2.24) is 20.4 Å². The van der Waals surface area contributed by atoms with Crippen LogP contribution in [-0.2, 0) is 11.3 Å². The lowest BCUT2D eigenvalue weighted by Gasteiger charge is -2.06. The van der Waals surface area contributed by atoms with Gasteiger partial charge in [0.25, 0.3) is 5.91 Å². The van der Waals surface area contributed by atoms with Crippen molar-refractivity contribution in [3.63, 3.8) is 0 Å². The number of nitrogens with one attached hydrogen (secondary N) is 2. The van der Waals surface area contributed by atoms with E-state index in [-0.39, 0.29) is 18.4 Å². The third kappa shape index (κ3) is 4.37. The highest BCUT2D eigenvalue weighted by Gasteiger charge is 2.17. The van der Waals surface area contributed by atoms with Crippen LogP contribution in [0.1, 0.15) is 20.9 Å². The molecule has 152 valence electrons. The first-order valence-electron chi connectivity index (χ1n) is 9.35. The Bertz CT molecular complexity index is 1220. The van der Waals surface area contributed by atoms with Crippen LogP contribution in [0.3, 0.4) is 0 Å². The molecule has 0 spiro atoms. The van der Waals surface area contributed by atoms with Crippen LogP contribution in [0.4, 0.5) is 0 Å². The summed E-state index contributed by atoms with van der Waals surface area (Å²) in [4.78, 5) is 26.0. The summed E-state index contributed by atoms with van der Waals surface area (Å²) in [5.41, 5.74) is 2.65. The van der Waals surface area contributed by atoms with E-state index in [1.807, 2.05) is 55.5 Å². The predicted molar refractivity (Wildman–Crippen MR) is 119 cm³/mol. The number of thiophene rings is 1. The topological polar surface area (TPSA) is 76.0 Å². The lowest BCUT2D eigenvalue weighted by Crippen LogP contribution is -2.36. The normalized spacial score (nSPS) is 10.9. The molecule has 2 N–H and O–H groups in total. The number of aromatic nitrogens is 2. The number of hydrogen-bond acceptors (Lipinski definition) is 4. The molecule has 6 nitrogen and oxygen atoms in total. The summed E-state index contributed by atoms with van der Waals surface area (Å²) < 4.78 is 1.78. The molecule has 0 aliphatic rings. The van der Waals surface area contributed by atoms with E-state index in [0.29, 0.717) is 16.4 Å². The summed E-state index contributed by atoms with van der Waals surface area (Å²) in [7, 11) is 0. The number of halogens is 1. The Kier molecular flexibility index (Phi) is 5.83. The molecule has 0 fully saturated rings. The van der Waals surface area contributed by atoms with Crippen LogP contribution in [0.15, 0.2) is 60.7 Å². The fourth-order valence-corrected chi connectivity index (χ4v) is 4.33. The quantitative estimate of drug-likeness (QED) is 0.476. The zero-order valence-corrected chi connectivity index (χ0v) is 17.8. The smallest absolute Gasteiger partial charge is 0.261 e. The van der Waals surface area contributed by atoms with E-state index in [0.717, 1.165) is 27.2 Å². The average molecular weight is 439 g/mol. The number of carbonyl (C=O) groups is 2. The van der Waals surface area contributed by atoms with Crippen molar-refractivity contribution in [3.8, 4) is 5.69 Å². The van der Waals surface area contributed by atoms with Crippen molar-refractivity contribution >= 4 is 45.0 Å². The highest BCUT2D eigenvalue weighted by atomic mass is 35.5. The summed E-state index contributed by atoms with van der Waals surface area (Å²) in [6.07, 6.45) is 0. The monoisotopic (exact) mass is 438 g/mol. The summed E-state index contributed by atoms with van der Waals surface area (Å²) in [5, 5.41) is 11.6. The number of hydrogen-bond donors (Lipinski definition) is 2. The first-order valence-corrected chi connectivity index (χ1v) is 10.5. The lowest BCUT2D eigenvalue weighted by molar-refractivity contribution is -0.120. The standard InChI is InChI=1S/C22H19ClN4O2S/c1-14-18-11-19(30-22(18)27(26-14)17-9-5-8-16(23)10-17)21(29)25-13-20(28)24-12-15-6-3-2-4-7-15/h2-11H,12-13H2,1H3,(H,24,28)(H,25,29). The second-order valence-corrected chi connectivity index (χ2v) is 8.22. The van der Waals surface area contributed by atoms with E-state index >= 15 is 0 Å². The number of benzene rings is 2. The number of amides is 2. The van der Waals surface area contributed by atoms with Gasteiger partial charge in [0.05, 0.1) is 22.8 Å². The average Bonchev–Trinajstić information content (AvgIpc) is 3.32. The van der Waals surface area contributed by atoms with Gasteiger partial charge in [-0.3, -0.25) is 9.59 Å². The number of fused-ring (bicyclic) bond motifs is 1. The minimum atomic E-state index is -0.289. The molecule has 30 heavy (non-hydrogen) atoms. The maximum atomic E-state index is 12.6. The summed E-state index contributed by atoms with van der Waals surface area (Å²) in [5.74, 6) is -0.530. The molecule has 0 unspecified atom stereocenters. The van der Waals surface area contributed by atoms with E-state index in [2.05, 4.69) is 15.7 Å². The minimum absolute atomic E-state index is 0.0840. The van der Waals surface area contributed by atoms with Gasteiger partial charge in [0.15, 0.2) is 0 Å². The maximum Gasteiger partial charge on any atom is 0.261 e. The molecule has 0 aliphatic carbocycles. The van der Waals surface area contributed by atoms with E-state index < -0.39 is 0 Å². The highest BCUT2D eigenvalue weighted by Crippen LogP contribution is 2.30. The van der Waals surface area contributed by atoms with Crippen molar-refractivity contribution < 1.29 is 9.59 Å². The Hall–Kier alpha value is -3.16. The SMILES string of the molecule is Cc1nn(-c2cccc(Cl)c2)c2sc(C(=O)NCC(=O)NCc3ccccc3)cc12.